The molecule has 0 atom stereocenters. The smallest absolute Gasteiger partial charge is 0.0988 e. The van der Waals surface area contributed by atoms with Crippen LogP contribution in [0.3, 0.4) is 0 Å². The molecule has 3 heteroatoms. The zero-order valence-corrected chi connectivity index (χ0v) is 10.4. The van der Waals surface area contributed by atoms with Crippen molar-refractivity contribution < 1.29 is 0 Å². The third kappa shape index (κ3) is 2.38. The van der Waals surface area contributed by atoms with Crippen LogP contribution in [0.15, 0.2) is 4.99 Å². The van der Waals surface area contributed by atoms with Gasteiger partial charge in [0, 0.05) is 50.0 Å². The maximum absolute atomic E-state index is 4.55. The minimum Gasteiger partial charge on any atom is -0.360 e. The molecule has 2 nitrogen and oxygen atoms in total. The Kier molecular flexibility index (Phi) is 4.40. The van der Waals surface area contributed by atoms with Crippen LogP contribution in [0.1, 0.15) is 32.1 Å². The molecule has 2 aliphatic heterocycles. The summed E-state index contributed by atoms with van der Waals surface area (Å²) in [7, 11) is 0. The summed E-state index contributed by atoms with van der Waals surface area (Å²) >= 11 is 0. The first-order valence-electron chi connectivity index (χ1n) is 4.75. The quantitative estimate of drug-likeness (QED) is 0.606. The first-order valence-corrected chi connectivity index (χ1v) is 4.75. The van der Waals surface area contributed by atoms with Gasteiger partial charge in [0.2, 0.25) is 0 Å². The van der Waals surface area contributed by atoms with E-state index in [0.717, 1.165) is 6.54 Å². The van der Waals surface area contributed by atoms with Gasteiger partial charge in [-0.1, -0.05) is 6.42 Å². The van der Waals surface area contributed by atoms with Gasteiger partial charge >= 0.3 is 0 Å². The first-order chi connectivity index (χ1) is 5.47. The number of hydrogen-bond acceptors (Lipinski definition) is 2. The van der Waals surface area contributed by atoms with Gasteiger partial charge < -0.3 is 4.90 Å². The predicted octanol–water partition coefficient (Wildman–Crippen LogP) is 1.28. The van der Waals surface area contributed by atoms with Crippen LogP contribution < -0.4 is 0 Å². The molecular formula is C9H16N2Sn. The average molecular weight is 271 g/mol. The molecule has 0 aromatic heterocycles. The van der Waals surface area contributed by atoms with Gasteiger partial charge in [-0.25, -0.2) is 0 Å². The van der Waals surface area contributed by atoms with Crippen molar-refractivity contribution >= 4 is 29.7 Å². The number of nitrogens with zero attached hydrogens (tertiary/aromatic N) is 2. The van der Waals surface area contributed by atoms with Crippen LogP contribution in [0, 0.1) is 0 Å². The van der Waals surface area contributed by atoms with Gasteiger partial charge in [0.05, 0.1) is 5.84 Å². The normalized spacial score (nSPS) is 23.3. The second kappa shape index (κ2) is 5.10. The van der Waals surface area contributed by atoms with Crippen LogP contribution in [0.5, 0.6) is 0 Å². The summed E-state index contributed by atoms with van der Waals surface area (Å²) in [5.41, 5.74) is 0. The fourth-order valence-electron chi connectivity index (χ4n) is 1.94. The van der Waals surface area contributed by atoms with Crippen molar-refractivity contribution in [3.05, 3.63) is 0 Å². The van der Waals surface area contributed by atoms with E-state index in [-0.39, 0.29) is 23.9 Å². The van der Waals surface area contributed by atoms with Crippen LogP contribution in [-0.4, -0.2) is 54.3 Å². The van der Waals surface area contributed by atoms with Gasteiger partial charge in [0.1, 0.15) is 0 Å². The Bertz CT molecular complexity index is 168. The molecule has 66 valence electrons. The Morgan fingerprint density at radius 3 is 2.75 bits per heavy atom. The van der Waals surface area contributed by atoms with Crippen molar-refractivity contribution in [2.45, 2.75) is 32.1 Å². The second-order valence-electron chi connectivity index (χ2n) is 3.45. The maximum atomic E-state index is 4.55. The van der Waals surface area contributed by atoms with Crippen LogP contribution in [0.2, 0.25) is 0 Å². The van der Waals surface area contributed by atoms with E-state index in [1.807, 2.05) is 0 Å². The Labute approximate surface area is 91.4 Å². The fraction of sp³-hybridized carbons (Fsp3) is 0.889. The topological polar surface area (TPSA) is 15.6 Å². The van der Waals surface area contributed by atoms with E-state index in [0.29, 0.717) is 0 Å². The zero-order chi connectivity index (χ0) is 7.52. The Morgan fingerprint density at radius 2 is 1.83 bits per heavy atom. The summed E-state index contributed by atoms with van der Waals surface area (Å²) in [6, 6.07) is 0. The van der Waals surface area contributed by atoms with Crippen LogP contribution in [-0.2, 0) is 0 Å². The Hall–Kier alpha value is 0.269. The van der Waals surface area contributed by atoms with Crippen LogP contribution in [0.25, 0.3) is 0 Å². The molecule has 0 aliphatic carbocycles. The molecule has 1 saturated heterocycles. The second-order valence-corrected chi connectivity index (χ2v) is 3.45. The molecule has 0 bridgehead atoms. The molecule has 0 aromatic carbocycles. The molecule has 1 fully saturated rings. The summed E-state index contributed by atoms with van der Waals surface area (Å²) in [6.45, 7) is 3.60. The summed E-state index contributed by atoms with van der Waals surface area (Å²) in [5, 5.41) is 0. The predicted molar refractivity (Wildman–Crippen MR) is 52.7 cm³/mol. The van der Waals surface area contributed by atoms with Crippen LogP contribution >= 0.6 is 0 Å². The number of fused-ring (bicyclic) bond motifs is 1. The van der Waals surface area contributed by atoms with Gasteiger partial charge in [0.25, 0.3) is 0 Å². The molecular weight excluding hydrogens is 255 g/mol. The fourth-order valence-corrected chi connectivity index (χ4v) is 1.94. The molecule has 4 radical (unpaired) electrons. The van der Waals surface area contributed by atoms with E-state index in [2.05, 4.69) is 9.89 Å². The van der Waals surface area contributed by atoms with Gasteiger partial charge in [-0.15, -0.1) is 0 Å². The molecule has 0 amide bonds. The monoisotopic (exact) mass is 272 g/mol. The first kappa shape index (κ1) is 10.4. The van der Waals surface area contributed by atoms with Crippen molar-refractivity contribution in [3.63, 3.8) is 0 Å². The van der Waals surface area contributed by atoms with E-state index < -0.39 is 0 Å². The Morgan fingerprint density at radius 1 is 1.00 bits per heavy atom. The summed E-state index contributed by atoms with van der Waals surface area (Å²) in [5.74, 6) is 1.40. The molecule has 2 heterocycles. The number of rotatable bonds is 0. The summed E-state index contributed by atoms with van der Waals surface area (Å²) < 4.78 is 0. The molecule has 0 spiro atoms. The maximum Gasteiger partial charge on any atom is 0.0988 e. The van der Waals surface area contributed by atoms with Gasteiger partial charge in [0.15, 0.2) is 0 Å². The third-order valence-electron chi connectivity index (χ3n) is 2.57. The average Bonchev–Trinajstić information content (AvgIpc) is 2.28. The van der Waals surface area contributed by atoms with Crippen molar-refractivity contribution in [1.29, 1.82) is 0 Å². The van der Waals surface area contributed by atoms with E-state index in [9.17, 15) is 0 Å². The van der Waals surface area contributed by atoms with Crippen molar-refractivity contribution in [3.8, 4) is 0 Å². The molecule has 0 unspecified atom stereocenters. The molecule has 2 aliphatic rings. The number of aliphatic imine (C=N–C) groups is 1. The molecule has 2 rings (SSSR count). The minimum absolute atomic E-state index is 0. The number of amidine groups is 1. The molecule has 0 aromatic rings. The standard InChI is InChI=1S/C9H16N2.Sn/c1-2-5-9-10-6-4-8-11(9)7-3-1;/h1-8H2;. The van der Waals surface area contributed by atoms with Crippen molar-refractivity contribution in [2.24, 2.45) is 4.99 Å². The molecule has 0 N–H and O–H groups in total. The molecule has 0 saturated carbocycles. The molecule has 12 heavy (non-hydrogen) atoms. The largest absolute Gasteiger partial charge is 0.360 e. The van der Waals surface area contributed by atoms with Gasteiger partial charge in [-0.05, 0) is 19.3 Å². The van der Waals surface area contributed by atoms with Crippen molar-refractivity contribution in [1.82, 2.24) is 4.90 Å². The summed E-state index contributed by atoms with van der Waals surface area (Å²) in [6.07, 6.45) is 6.63. The third-order valence-corrected chi connectivity index (χ3v) is 2.57. The number of hydrogen-bond donors (Lipinski definition) is 0. The SMILES string of the molecule is C1CCC2=NCCCN2CC1.[Sn]. The van der Waals surface area contributed by atoms with E-state index in [1.54, 1.807) is 0 Å². The zero-order valence-electron chi connectivity index (χ0n) is 7.55. The van der Waals surface area contributed by atoms with Crippen molar-refractivity contribution in [2.75, 3.05) is 19.6 Å². The van der Waals surface area contributed by atoms with Crippen LogP contribution in [0.4, 0.5) is 0 Å². The summed E-state index contributed by atoms with van der Waals surface area (Å²) in [4.78, 5) is 7.04. The van der Waals surface area contributed by atoms with Gasteiger partial charge in [-0.3, -0.25) is 4.99 Å². The van der Waals surface area contributed by atoms with E-state index in [4.69, 9.17) is 0 Å². The van der Waals surface area contributed by atoms with E-state index >= 15 is 0 Å². The minimum atomic E-state index is 0. The van der Waals surface area contributed by atoms with Gasteiger partial charge in [-0.2, -0.15) is 0 Å². The van der Waals surface area contributed by atoms with E-state index in [1.165, 1.54) is 51.0 Å². The Balaban J connectivity index is 0.000000720.